The lowest BCUT2D eigenvalue weighted by Crippen LogP contribution is -2.36. The number of nitrogens with one attached hydrogen (secondary N) is 3. The Morgan fingerprint density at radius 3 is 2.78 bits per heavy atom. The van der Waals surface area contributed by atoms with Crippen LogP contribution >= 0.6 is 0 Å². The topological polar surface area (TPSA) is 36.1 Å². The molecule has 0 radical (unpaired) electrons. The Morgan fingerprint density at radius 2 is 2.11 bits per heavy atom. The van der Waals surface area contributed by atoms with Crippen molar-refractivity contribution in [2.75, 3.05) is 13.6 Å². The highest BCUT2D eigenvalue weighted by atomic mass is 19.4. The maximum atomic E-state index is 12.6. The minimum Gasteiger partial charge on any atom is -0.318 e. The fraction of sp³-hybridized carbons (Fsp3) is 0.500. The molecule has 3 N–H and O–H groups in total. The molecule has 0 bridgehead atoms. The monoisotopic (exact) mass is 259 g/mol. The quantitative estimate of drug-likeness (QED) is 0.775. The van der Waals surface area contributed by atoms with Gasteiger partial charge in [0.15, 0.2) is 0 Å². The molecule has 100 valence electrons. The summed E-state index contributed by atoms with van der Waals surface area (Å²) < 4.78 is 37.8. The van der Waals surface area contributed by atoms with Crippen LogP contribution in [0.25, 0.3) is 0 Å². The van der Waals surface area contributed by atoms with Gasteiger partial charge in [0.2, 0.25) is 0 Å². The van der Waals surface area contributed by atoms with Crippen molar-refractivity contribution >= 4 is 0 Å². The minimum atomic E-state index is -4.29. The van der Waals surface area contributed by atoms with Gasteiger partial charge in [0, 0.05) is 18.6 Å². The van der Waals surface area contributed by atoms with E-state index >= 15 is 0 Å². The molecule has 1 aliphatic heterocycles. The van der Waals surface area contributed by atoms with Crippen LogP contribution < -0.4 is 16.2 Å². The van der Waals surface area contributed by atoms with Crippen molar-refractivity contribution in [3.8, 4) is 0 Å². The summed E-state index contributed by atoms with van der Waals surface area (Å²) in [6.07, 6.45) is -3.52. The third-order valence-corrected chi connectivity index (χ3v) is 3.05. The maximum Gasteiger partial charge on any atom is 0.416 e. The number of benzene rings is 1. The molecule has 1 aromatic rings. The van der Waals surface area contributed by atoms with Crippen LogP contribution in [-0.2, 0) is 6.18 Å². The number of likely N-dealkylation sites (N-methyl/N-ethyl adjacent to an activating group) is 1. The summed E-state index contributed by atoms with van der Waals surface area (Å²) in [4.78, 5) is 0. The third-order valence-electron chi connectivity index (χ3n) is 3.05. The van der Waals surface area contributed by atoms with Crippen LogP contribution in [0.2, 0.25) is 0 Å². The molecule has 0 amide bonds. The van der Waals surface area contributed by atoms with Gasteiger partial charge in [-0.05, 0) is 31.2 Å². The van der Waals surface area contributed by atoms with Crippen molar-refractivity contribution < 1.29 is 13.2 Å². The molecule has 3 nitrogen and oxygen atoms in total. The highest BCUT2D eigenvalue weighted by Crippen LogP contribution is 2.32. The average Bonchev–Trinajstić information content (AvgIpc) is 2.77. The number of alkyl halides is 3. The Kier molecular flexibility index (Phi) is 3.89. The van der Waals surface area contributed by atoms with Gasteiger partial charge in [-0.2, -0.15) is 13.2 Å². The molecular formula is C12H16F3N3. The van der Waals surface area contributed by atoms with Gasteiger partial charge >= 0.3 is 6.18 Å². The molecule has 2 rings (SSSR count). The zero-order valence-electron chi connectivity index (χ0n) is 10.0. The Balaban J connectivity index is 2.10. The smallest absolute Gasteiger partial charge is 0.318 e. The van der Waals surface area contributed by atoms with Crippen LogP contribution in [0.5, 0.6) is 0 Å². The van der Waals surface area contributed by atoms with Crippen LogP contribution in [-0.4, -0.2) is 19.6 Å². The first kappa shape index (κ1) is 13.3. The Morgan fingerprint density at radius 1 is 1.33 bits per heavy atom. The van der Waals surface area contributed by atoms with E-state index < -0.39 is 11.7 Å². The van der Waals surface area contributed by atoms with E-state index in [0.717, 1.165) is 19.0 Å². The van der Waals surface area contributed by atoms with Crippen molar-refractivity contribution in [1.82, 2.24) is 16.2 Å². The molecule has 2 unspecified atom stereocenters. The van der Waals surface area contributed by atoms with Gasteiger partial charge in [0.25, 0.3) is 0 Å². The van der Waals surface area contributed by atoms with E-state index in [1.54, 1.807) is 6.07 Å². The molecule has 0 aliphatic carbocycles. The largest absolute Gasteiger partial charge is 0.416 e. The lowest BCUT2D eigenvalue weighted by atomic mass is 10.00. The molecule has 0 aromatic heterocycles. The highest BCUT2D eigenvalue weighted by molar-refractivity contribution is 5.28. The fourth-order valence-electron chi connectivity index (χ4n) is 2.15. The van der Waals surface area contributed by atoms with Gasteiger partial charge < -0.3 is 5.32 Å². The Hall–Kier alpha value is -1.11. The molecule has 0 spiro atoms. The maximum absolute atomic E-state index is 12.6. The van der Waals surface area contributed by atoms with Gasteiger partial charge in [-0.15, -0.1) is 0 Å². The zero-order valence-corrected chi connectivity index (χ0v) is 10.0. The molecule has 1 fully saturated rings. The van der Waals surface area contributed by atoms with Gasteiger partial charge in [0.1, 0.15) is 0 Å². The van der Waals surface area contributed by atoms with E-state index in [9.17, 15) is 13.2 Å². The SMILES string of the molecule is CNCC1CC(c2cccc(C(F)(F)F)c2)NN1. The van der Waals surface area contributed by atoms with E-state index in [2.05, 4.69) is 16.2 Å². The molecule has 6 heteroatoms. The van der Waals surface area contributed by atoms with Crippen molar-refractivity contribution in [2.24, 2.45) is 0 Å². The van der Waals surface area contributed by atoms with Crippen molar-refractivity contribution in [1.29, 1.82) is 0 Å². The summed E-state index contributed by atoms with van der Waals surface area (Å²) in [6.45, 7) is 0.780. The molecule has 1 saturated heterocycles. The Bertz CT molecular complexity index is 406. The number of rotatable bonds is 3. The van der Waals surface area contributed by atoms with Gasteiger partial charge in [-0.1, -0.05) is 12.1 Å². The van der Waals surface area contributed by atoms with Gasteiger partial charge in [-0.3, -0.25) is 5.43 Å². The van der Waals surface area contributed by atoms with Crippen molar-refractivity contribution in [3.63, 3.8) is 0 Å². The summed E-state index contributed by atoms with van der Waals surface area (Å²) in [6, 6.07) is 5.62. The van der Waals surface area contributed by atoms with Crippen LogP contribution in [0.1, 0.15) is 23.6 Å². The van der Waals surface area contributed by atoms with Gasteiger partial charge in [-0.25, -0.2) is 5.43 Å². The predicted molar refractivity (Wildman–Crippen MR) is 62.8 cm³/mol. The fourth-order valence-corrected chi connectivity index (χ4v) is 2.15. The summed E-state index contributed by atoms with van der Waals surface area (Å²) in [5.74, 6) is 0. The first-order chi connectivity index (χ1) is 8.50. The van der Waals surface area contributed by atoms with E-state index in [0.29, 0.717) is 5.56 Å². The first-order valence-corrected chi connectivity index (χ1v) is 5.83. The number of halogens is 3. The summed E-state index contributed by atoms with van der Waals surface area (Å²) in [5, 5.41) is 3.03. The highest BCUT2D eigenvalue weighted by Gasteiger charge is 2.32. The summed E-state index contributed by atoms with van der Waals surface area (Å²) in [7, 11) is 1.85. The summed E-state index contributed by atoms with van der Waals surface area (Å²) >= 11 is 0. The summed E-state index contributed by atoms with van der Waals surface area (Å²) in [5.41, 5.74) is 6.16. The predicted octanol–water partition coefficient (Wildman–Crippen LogP) is 1.83. The van der Waals surface area contributed by atoms with Crippen LogP contribution in [0.4, 0.5) is 13.2 Å². The molecule has 2 atom stereocenters. The first-order valence-electron chi connectivity index (χ1n) is 5.83. The normalized spacial score (nSPS) is 24.4. The molecule has 1 heterocycles. The van der Waals surface area contributed by atoms with E-state index in [-0.39, 0.29) is 12.1 Å². The number of hydrogen-bond donors (Lipinski definition) is 3. The van der Waals surface area contributed by atoms with Crippen molar-refractivity contribution in [2.45, 2.75) is 24.7 Å². The van der Waals surface area contributed by atoms with E-state index in [4.69, 9.17) is 0 Å². The molecule has 0 saturated carbocycles. The van der Waals surface area contributed by atoms with Gasteiger partial charge in [0.05, 0.1) is 5.56 Å². The second kappa shape index (κ2) is 5.26. The lowest BCUT2D eigenvalue weighted by molar-refractivity contribution is -0.137. The Labute approximate surface area is 104 Å². The lowest BCUT2D eigenvalue weighted by Gasteiger charge is -2.13. The third kappa shape index (κ3) is 3.01. The number of hydrazine groups is 1. The standard InChI is InChI=1S/C12H16F3N3/c1-16-7-10-6-11(18-17-10)8-3-2-4-9(5-8)12(13,14)15/h2-5,10-11,16-18H,6-7H2,1H3. The number of hydrogen-bond acceptors (Lipinski definition) is 3. The van der Waals surface area contributed by atoms with Crippen LogP contribution in [0.15, 0.2) is 24.3 Å². The average molecular weight is 259 g/mol. The minimum absolute atomic E-state index is 0.0781. The molecule has 18 heavy (non-hydrogen) atoms. The molecule has 1 aliphatic rings. The van der Waals surface area contributed by atoms with Crippen molar-refractivity contribution in [3.05, 3.63) is 35.4 Å². The van der Waals surface area contributed by atoms with Crippen LogP contribution in [0.3, 0.4) is 0 Å². The van der Waals surface area contributed by atoms with Crippen LogP contribution in [0, 0.1) is 0 Å². The molecule has 1 aromatic carbocycles. The second-order valence-electron chi connectivity index (χ2n) is 4.45. The zero-order chi connectivity index (χ0) is 13.2. The molecular weight excluding hydrogens is 243 g/mol. The second-order valence-corrected chi connectivity index (χ2v) is 4.45. The van der Waals surface area contributed by atoms with E-state index in [1.165, 1.54) is 12.1 Å². The van der Waals surface area contributed by atoms with E-state index in [1.807, 2.05) is 7.05 Å².